The molecule has 1 rings (SSSR count). The van der Waals surface area contributed by atoms with Gasteiger partial charge in [0.15, 0.2) is 0 Å². The van der Waals surface area contributed by atoms with Gasteiger partial charge in [-0.15, -0.1) is 0 Å². The predicted molar refractivity (Wildman–Crippen MR) is 58.1 cm³/mol. The van der Waals surface area contributed by atoms with Gasteiger partial charge in [0.1, 0.15) is 12.4 Å². The van der Waals surface area contributed by atoms with E-state index in [1.54, 1.807) is 0 Å². The number of anilines is 1. The molecule has 0 saturated heterocycles. The van der Waals surface area contributed by atoms with Crippen LogP contribution in [0.2, 0.25) is 0 Å². The number of hydrogen-bond donors (Lipinski definition) is 1. The van der Waals surface area contributed by atoms with E-state index in [4.69, 9.17) is 5.73 Å². The molecule has 0 radical (unpaired) electrons. The van der Waals surface area contributed by atoms with E-state index >= 15 is 0 Å². The van der Waals surface area contributed by atoms with Gasteiger partial charge in [0.2, 0.25) is 5.91 Å². The maximum absolute atomic E-state index is 12.7. The Labute approximate surface area is 92.2 Å². The smallest absolute Gasteiger partial charge is 0.250 e. The largest absolute Gasteiger partial charge is 0.368 e. The number of halogens is 1. The molecule has 0 aliphatic rings. The van der Waals surface area contributed by atoms with Crippen molar-refractivity contribution in [3.05, 3.63) is 42.7 Å². The summed E-state index contributed by atoms with van der Waals surface area (Å²) in [6, 6.07) is 5.17. The third kappa shape index (κ3) is 2.91. The summed E-state index contributed by atoms with van der Waals surface area (Å²) < 4.78 is 12.7. The number of carbonyl (C=O) groups is 2. The second kappa shape index (κ2) is 5.06. The summed E-state index contributed by atoms with van der Waals surface area (Å²) in [6.45, 7) is 3.05. The van der Waals surface area contributed by atoms with Crippen LogP contribution in [-0.4, -0.2) is 18.4 Å². The van der Waals surface area contributed by atoms with E-state index in [1.165, 1.54) is 24.3 Å². The van der Waals surface area contributed by atoms with Crippen molar-refractivity contribution in [2.75, 3.05) is 11.4 Å². The Hall–Kier alpha value is -2.17. The minimum atomic E-state index is -0.653. The summed E-state index contributed by atoms with van der Waals surface area (Å²) in [6.07, 6.45) is 1.06. The lowest BCUT2D eigenvalue weighted by molar-refractivity contribution is -0.120. The topological polar surface area (TPSA) is 63.4 Å². The number of primary amides is 1. The van der Waals surface area contributed by atoms with Crippen LogP contribution in [0.5, 0.6) is 0 Å². The van der Waals surface area contributed by atoms with E-state index in [1.807, 2.05) is 0 Å². The van der Waals surface area contributed by atoms with Gasteiger partial charge >= 0.3 is 0 Å². The van der Waals surface area contributed by atoms with Crippen LogP contribution in [0, 0.1) is 5.82 Å². The summed E-state index contributed by atoms with van der Waals surface area (Å²) in [5.74, 6) is -1.54. The van der Waals surface area contributed by atoms with E-state index in [2.05, 4.69) is 6.58 Å². The molecule has 0 aromatic heterocycles. The van der Waals surface area contributed by atoms with E-state index in [0.29, 0.717) is 5.69 Å². The third-order valence-electron chi connectivity index (χ3n) is 1.89. The normalized spacial score (nSPS) is 9.56. The van der Waals surface area contributed by atoms with Gasteiger partial charge in [-0.05, 0) is 30.3 Å². The molecular formula is C11H11FN2O2. The molecule has 0 aliphatic heterocycles. The summed E-state index contributed by atoms with van der Waals surface area (Å²) in [5, 5.41) is 0. The number of carbonyl (C=O) groups excluding carboxylic acids is 2. The van der Waals surface area contributed by atoms with Crippen molar-refractivity contribution in [3.8, 4) is 0 Å². The maximum atomic E-state index is 12.7. The van der Waals surface area contributed by atoms with Crippen LogP contribution in [0.1, 0.15) is 0 Å². The molecule has 84 valence electrons. The van der Waals surface area contributed by atoms with Gasteiger partial charge in [-0.25, -0.2) is 4.39 Å². The highest BCUT2D eigenvalue weighted by Crippen LogP contribution is 2.14. The number of nitrogens with zero attached hydrogens (tertiary/aromatic N) is 1. The molecule has 0 bridgehead atoms. The van der Waals surface area contributed by atoms with Crippen LogP contribution < -0.4 is 10.6 Å². The average Bonchev–Trinajstić information content (AvgIpc) is 2.26. The zero-order valence-electron chi connectivity index (χ0n) is 8.52. The Morgan fingerprint density at radius 1 is 1.38 bits per heavy atom. The Bertz CT molecular complexity index is 414. The van der Waals surface area contributed by atoms with Crippen molar-refractivity contribution in [1.29, 1.82) is 0 Å². The van der Waals surface area contributed by atoms with Crippen molar-refractivity contribution < 1.29 is 14.0 Å². The Balaban J connectivity index is 3.00. The zero-order valence-corrected chi connectivity index (χ0v) is 8.52. The molecule has 2 N–H and O–H groups in total. The molecule has 0 atom stereocenters. The first kappa shape index (κ1) is 11.9. The molecule has 5 heteroatoms. The molecule has 0 unspecified atom stereocenters. The van der Waals surface area contributed by atoms with E-state index in [0.717, 1.165) is 11.0 Å². The van der Waals surface area contributed by atoms with Crippen LogP contribution in [0.15, 0.2) is 36.9 Å². The molecule has 2 amide bonds. The second-order valence-corrected chi connectivity index (χ2v) is 3.07. The van der Waals surface area contributed by atoms with E-state index < -0.39 is 17.6 Å². The Kier molecular flexibility index (Phi) is 3.77. The lowest BCUT2D eigenvalue weighted by Gasteiger charge is -2.19. The van der Waals surface area contributed by atoms with Crippen LogP contribution in [0.4, 0.5) is 10.1 Å². The second-order valence-electron chi connectivity index (χ2n) is 3.07. The molecule has 1 aromatic carbocycles. The number of nitrogens with two attached hydrogens (primary N) is 1. The molecule has 1 aromatic rings. The van der Waals surface area contributed by atoms with E-state index in [9.17, 15) is 14.0 Å². The van der Waals surface area contributed by atoms with Crippen LogP contribution >= 0.6 is 0 Å². The monoisotopic (exact) mass is 222 g/mol. The average molecular weight is 222 g/mol. The highest BCUT2D eigenvalue weighted by molar-refractivity contribution is 6.04. The first-order valence-electron chi connectivity index (χ1n) is 4.52. The fraction of sp³-hybridized carbons (Fsp3) is 0.0909. The lowest BCUT2D eigenvalue weighted by atomic mass is 10.2. The van der Waals surface area contributed by atoms with Gasteiger partial charge < -0.3 is 5.73 Å². The molecule has 0 heterocycles. The Morgan fingerprint density at radius 3 is 2.38 bits per heavy atom. The summed E-state index contributed by atoms with van der Waals surface area (Å²) >= 11 is 0. The van der Waals surface area contributed by atoms with E-state index in [-0.39, 0.29) is 6.54 Å². The number of amides is 2. The molecule has 4 nitrogen and oxygen atoms in total. The first-order valence-corrected chi connectivity index (χ1v) is 4.52. The molecule has 0 spiro atoms. The van der Waals surface area contributed by atoms with Gasteiger partial charge in [0.05, 0.1) is 0 Å². The third-order valence-corrected chi connectivity index (χ3v) is 1.89. The van der Waals surface area contributed by atoms with Crippen LogP contribution in [-0.2, 0) is 9.59 Å². The lowest BCUT2D eigenvalue weighted by Crippen LogP contribution is -2.37. The molecule has 16 heavy (non-hydrogen) atoms. The first-order chi connectivity index (χ1) is 7.54. The fourth-order valence-corrected chi connectivity index (χ4v) is 1.18. The fourth-order valence-electron chi connectivity index (χ4n) is 1.18. The highest BCUT2D eigenvalue weighted by atomic mass is 19.1. The van der Waals surface area contributed by atoms with Crippen LogP contribution in [0.25, 0.3) is 0 Å². The van der Waals surface area contributed by atoms with Crippen molar-refractivity contribution in [2.24, 2.45) is 5.73 Å². The number of hydrogen-bond acceptors (Lipinski definition) is 2. The zero-order chi connectivity index (χ0) is 12.1. The maximum Gasteiger partial charge on any atom is 0.250 e. The van der Waals surface area contributed by atoms with Crippen LogP contribution in [0.3, 0.4) is 0 Å². The molecular weight excluding hydrogens is 211 g/mol. The van der Waals surface area contributed by atoms with Crippen molar-refractivity contribution in [2.45, 2.75) is 0 Å². The minimum absolute atomic E-state index is 0.267. The molecule has 0 saturated carbocycles. The predicted octanol–water partition coefficient (Wildman–Crippen LogP) is 0.830. The van der Waals surface area contributed by atoms with Gasteiger partial charge in [0, 0.05) is 5.69 Å². The SMILES string of the molecule is C=CC(=O)N(CC(N)=O)c1ccc(F)cc1. The van der Waals surface area contributed by atoms with Gasteiger partial charge in [-0.3, -0.25) is 14.5 Å². The summed E-state index contributed by atoms with van der Waals surface area (Å²) in [4.78, 5) is 23.3. The summed E-state index contributed by atoms with van der Waals surface area (Å²) in [7, 11) is 0. The van der Waals surface area contributed by atoms with Crippen molar-refractivity contribution in [3.63, 3.8) is 0 Å². The number of rotatable bonds is 4. The molecule has 0 aliphatic carbocycles. The van der Waals surface area contributed by atoms with Gasteiger partial charge in [-0.1, -0.05) is 6.58 Å². The van der Waals surface area contributed by atoms with Gasteiger partial charge in [-0.2, -0.15) is 0 Å². The Morgan fingerprint density at radius 2 is 1.94 bits per heavy atom. The number of benzene rings is 1. The van der Waals surface area contributed by atoms with Crippen molar-refractivity contribution >= 4 is 17.5 Å². The quantitative estimate of drug-likeness (QED) is 0.767. The minimum Gasteiger partial charge on any atom is -0.368 e. The van der Waals surface area contributed by atoms with Gasteiger partial charge in [0.25, 0.3) is 5.91 Å². The standard InChI is InChI=1S/C11H11FN2O2/c1-2-11(16)14(7-10(13)15)9-5-3-8(12)4-6-9/h2-6H,1,7H2,(H2,13,15). The molecule has 0 fully saturated rings. The highest BCUT2D eigenvalue weighted by Gasteiger charge is 2.14. The summed E-state index contributed by atoms with van der Waals surface area (Å²) in [5.41, 5.74) is 5.41. The van der Waals surface area contributed by atoms with Crippen molar-refractivity contribution in [1.82, 2.24) is 0 Å².